The van der Waals surface area contributed by atoms with Gasteiger partial charge in [-0.1, -0.05) is 6.07 Å². The van der Waals surface area contributed by atoms with E-state index in [-0.39, 0.29) is 5.78 Å². The maximum atomic E-state index is 11.9. The van der Waals surface area contributed by atoms with E-state index < -0.39 is 0 Å². The molecular formula is C12H17NO2S. The summed E-state index contributed by atoms with van der Waals surface area (Å²) < 4.78 is 5.14. The van der Waals surface area contributed by atoms with Crippen LogP contribution in [0, 0.1) is 5.92 Å². The quantitative estimate of drug-likeness (QED) is 0.735. The van der Waals surface area contributed by atoms with Crippen LogP contribution in [0.4, 0.5) is 0 Å². The molecule has 0 bridgehead atoms. The Morgan fingerprint density at radius 2 is 2.56 bits per heavy atom. The van der Waals surface area contributed by atoms with Gasteiger partial charge in [0.05, 0.1) is 18.0 Å². The van der Waals surface area contributed by atoms with Gasteiger partial charge in [0.1, 0.15) is 0 Å². The number of carbonyl (C=O) groups is 1. The summed E-state index contributed by atoms with van der Waals surface area (Å²) in [6.45, 7) is 3.38. The molecular weight excluding hydrogens is 222 g/mol. The number of nitrogens with zero attached hydrogens (tertiary/aromatic N) is 1. The lowest BCUT2D eigenvalue weighted by atomic mass is 10.1. The molecule has 0 aliphatic carbocycles. The Morgan fingerprint density at radius 1 is 1.69 bits per heavy atom. The second kappa shape index (κ2) is 5.57. The molecule has 0 spiro atoms. The molecule has 1 aliphatic heterocycles. The molecule has 1 aliphatic rings. The Kier molecular flexibility index (Phi) is 4.09. The maximum absolute atomic E-state index is 11.9. The van der Waals surface area contributed by atoms with Gasteiger partial charge in [-0.3, -0.25) is 9.69 Å². The Morgan fingerprint density at radius 3 is 3.25 bits per heavy atom. The lowest BCUT2D eigenvalue weighted by Crippen LogP contribution is -2.28. The fourth-order valence-corrected chi connectivity index (χ4v) is 2.80. The van der Waals surface area contributed by atoms with Gasteiger partial charge in [-0.05, 0) is 30.3 Å². The third-order valence-corrected chi connectivity index (χ3v) is 3.85. The van der Waals surface area contributed by atoms with Crippen molar-refractivity contribution >= 4 is 17.1 Å². The first-order valence-corrected chi connectivity index (χ1v) is 6.45. The molecule has 0 aromatic carbocycles. The molecule has 0 saturated carbocycles. The summed E-state index contributed by atoms with van der Waals surface area (Å²) in [6, 6.07) is 3.82. The van der Waals surface area contributed by atoms with Crippen LogP contribution < -0.4 is 0 Å². The molecule has 0 N–H and O–H groups in total. The molecule has 2 heterocycles. The molecule has 2 rings (SSSR count). The van der Waals surface area contributed by atoms with Crippen molar-refractivity contribution < 1.29 is 9.53 Å². The van der Waals surface area contributed by atoms with Crippen LogP contribution in [-0.2, 0) is 4.74 Å². The van der Waals surface area contributed by atoms with Gasteiger partial charge >= 0.3 is 0 Å². The predicted octanol–water partition coefficient (Wildman–Crippen LogP) is 1.90. The van der Waals surface area contributed by atoms with E-state index in [2.05, 4.69) is 4.90 Å². The summed E-state index contributed by atoms with van der Waals surface area (Å²) in [5, 5.41) is 1.95. The highest BCUT2D eigenvalue weighted by Crippen LogP contribution is 2.17. The molecule has 3 nitrogen and oxygen atoms in total. The summed E-state index contributed by atoms with van der Waals surface area (Å²) in [6.07, 6.45) is 1.14. The topological polar surface area (TPSA) is 29.5 Å². The zero-order valence-electron chi connectivity index (χ0n) is 9.52. The van der Waals surface area contributed by atoms with Crippen LogP contribution in [0.2, 0.25) is 0 Å². The fourth-order valence-electron chi connectivity index (χ4n) is 2.15. The molecule has 1 aromatic rings. The third kappa shape index (κ3) is 2.90. The van der Waals surface area contributed by atoms with Gasteiger partial charge in [-0.25, -0.2) is 0 Å². The molecule has 88 valence electrons. The fraction of sp³-hybridized carbons (Fsp3) is 0.583. The van der Waals surface area contributed by atoms with Crippen molar-refractivity contribution in [2.45, 2.75) is 6.42 Å². The minimum absolute atomic E-state index is 0.244. The second-order valence-electron chi connectivity index (χ2n) is 4.25. The van der Waals surface area contributed by atoms with Gasteiger partial charge in [0.2, 0.25) is 0 Å². The van der Waals surface area contributed by atoms with Gasteiger partial charge < -0.3 is 4.74 Å². The Bertz CT molecular complexity index is 337. The van der Waals surface area contributed by atoms with E-state index in [1.165, 1.54) is 11.3 Å². The first kappa shape index (κ1) is 11.8. The Balaban J connectivity index is 1.81. The first-order chi connectivity index (χ1) is 7.79. The smallest absolute Gasteiger partial charge is 0.186 e. The molecule has 1 unspecified atom stereocenters. The van der Waals surface area contributed by atoms with Crippen LogP contribution in [0.3, 0.4) is 0 Å². The van der Waals surface area contributed by atoms with Crippen LogP contribution in [-0.4, -0.2) is 44.0 Å². The molecule has 1 fully saturated rings. The standard InChI is InChI=1S/C12H17NO2S/c1-15-9-10-4-5-13(7-10)8-11(14)12-3-2-6-16-12/h2-3,6,10H,4-5,7-9H2,1H3. The van der Waals surface area contributed by atoms with Crippen molar-refractivity contribution in [2.75, 3.05) is 33.4 Å². The van der Waals surface area contributed by atoms with Crippen LogP contribution >= 0.6 is 11.3 Å². The monoisotopic (exact) mass is 239 g/mol. The van der Waals surface area contributed by atoms with E-state index in [4.69, 9.17) is 4.74 Å². The highest BCUT2D eigenvalue weighted by atomic mass is 32.1. The highest BCUT2D eigenvalue weighted by Gasteiger charge is 2.24. The lowest BCUT2D eigenvalue weighted by molar-refractivity contribution is 0.0941. The number of hydrogen-bond donors (Lipinski definition) is 0. The number of likely N-dealkylation sites (tertiary alicyclic amines) is 1. The summed E-state index contributed by atoms with van der Waals surface area (Å²) in [5.41, 5.74) is 0. The average molecular weight is 239 g/mol. The van der Waals surface area contributed by atoms with Crippen molar-refractivity contribution in [3.63, 3.8) is 0 Å². The molecule has 16 heavy (non-hydrogen) atoms. The lowest BCUT2D eigenvalue weighted by Gasteiger charge is -2.14. The zero-order chi connectivity index (χ0) is 11.4. The van der Waals surface area contributed by atoms with E-state index in [0.717, 1.165) is 31.0 Å². The SMILES string of the molecule is COCC1CCN(CC(=O)c2cccs2)C1. The normalized spacial score (nSPS) is 21.4. The number of carbonyl (C=O) groups excluding carboxylic acids is 1. The van der Waals surface area contributed by atoms with Crippen molar-refractivity contribution in [3.8, 4) is 0 Å². The number of methoxy groups -OCH3 is 1. The van der Waals surface area contributed by atoms with Crippen molar-refractivity contribution in [3.05, 3.63) is 22.4 Å². The molecule has 4 heteroatoms. The highest BCUT2D eigenvalue weighted by molar-refractivity contribution is 7.12. The number of hydrogen-bond acceptors (Lipinski definition) is 4. The van der Waals surface area contributed by atoms with Gasteiger partial charge in [0.25, 0.3) is 0 Å². The number of thiophene rings is 1. The average Bonchev–Trinajstić information content (AvgIpc) is 2.89. The summed E-state index contributed by atoms with van der Waals surface area (Å²) in [4.78, 5) is 15.0. The van der Waals surface area contributed by atoms with Gasteiger partial charge in [0, 0.05) is 13.7 Å². The maximum Gasteiger partial charge on any atom is 0.186 e. The minimum Gasteiger partial charge on any atom is -0.384 e. The van der Waals surface area contributed by atoms with Crippen LogP contribution in [0.15, 0.2) is 17.5 Å². The summed E-state index contributed by atoms with van der Waals surface area (Å²) in [7, 11) is 1.74. The third-order valence-electron chi connectivity index (χ3n) is 2.94. The van der Waals surface area contributed by atoms with Crippen molar-refractivity contribution in [1.82, 2.24) is 4.90 Å². The summed E-state index contributed by atoms with van der Waals surface area (Å²) >= 11 is 1.52. The number of Topliss-reactive ketones (excluding diaryl/α,β-unsaturated/α-hetero) is 1. The molecule has 1 atom stereocenters. The van der Waals surface area contributed by atoms with Crippen LogP contribution in [0.1, 0.15) is 16.1 Å². The van der Waals surface area contributed by atoms with Gasteiger partial charge in [-0.15, -0.1) is 11.3 Å². The van der Waals surface area contributed by atoms with Gasteiger partial charge in [-0.2, -0.15) is 0 Å². The van der Waals surface area contributed by atoms with Gasteiger partial charge in [0.15, 0.2) is 5.78 Å². The zero-order valence-corrected chi connectivity index (χ0v) is 10.3. The van der Waals surface area contributed by atoms with E-state index in [1.807, 2.05) is 17.5 Å². The number of ether oxygens (including phenoxy) is 1. The molecule has 1 aromatic heterocycles. The minimum atomic E-state index is 0.244. The number of rotatable bonds is 5. The van der Waals surface area contributed by atoms with E-state index in [0.29, 0.717) is 12.5 Å². The van der Waals surface area contributed by atoms with E-state index in [9.17, 15) is 4.79 Å². The van der Waals surface area contributed by atoms with Crippen LogP contribution in [0.5, 0.6) is 0 Å². The van der Waals surface area contributed by atoms with E-state index in [1.54, 1.807) is 7.11 Å². The van der Waals surface area contributed by atoms with Crippen LogP contribution in [0.25, 0.3) is 0 Å². The van der Waals surface area contributed by atoms with Crippen molar-refractivity contribution in [2.24, 2.45) is 5.92 Å². The Hall–Kier alpha value is -0.710. The first-order valence-electron chi connectivity index (χ1n) is 5.57. The molecule has 1 saturated heterocycles. The van der Waals surface area contributed by atoms with Crippen molar-refractivity contribution in [1.29, 1.82) is 0 Å². The predicted molar refractivity (Wildman–Crippen MR) is 65.1 cm³/mol. The Labute approximate surface area is 100 Å². The molecule has 0 amide bonds. The number of ketones is 1. The largest absolute Gasteiger partial charge is 0.384 e. The molecule has 0 radical (unpaired) electrons. The van der Waals surface area contributed by atoms with E-state index >= 15 is 0 Å². The second-order valence-corrected chi connectivity index (χ2v) is 5.19. The summed E-state index contributed by atoms with van der Waals surface area (Å²) in [5.74, 6) is 0.842.